The Morgan fingerprint density at radius 3 is 2.82 bits per heavy atom. The molecular weight excluding hydrogens is 352 g/mol. The number of hydrogen-bond acceptors (Lipinski definition) is 4. The molecule has 2 bridgehead atoms. The van der Waals surface area contributed by atoms with Crippen LogP contribution in [0.2, 0.25) is 0 Å². The van der Waals surface area contributed by atoms with E-state index >= 15 is 0 Å². The average Bonchev–Trinajstić information content (AvgIpc) is 3.58. The van der Waals surface area contributed by atoms with Crippen molar-refractivity contribution >= 4 is 5.91 Å². The van der Waals surface area contributed by atoms with Crippen LogP contribution in [0.3, 0.4) is 0 Å². The third-order valence-electron chi connectivity index (χ3n) is 8.41. The fraction of sp³-hybridized carbons (Fsp3) is 0.696. The fourth-order valence-corrected chi connectivity index (χ4v) is 6.61. The fourth-order valence-electron chi connectivity index (χ4n) is 6.61. The van der Waals surface area contributed by atoms with Gasteiger partial charge >= 0.3 is 0 Å². The van der Waals surface area contributed by atoms with Gasteiger partial charge < -0.3 is 15.2 Å². The minimum Gasteiger partial charge on any atom is -0.497 e. The average molecular weight is 383 g/mol. The number of piperidine rings is 1. The number of methoxy groups -OCH3 is 1. The van der Waals surface area contributed by atoms with E-state index < -0.39 is 11.0 Å². The number of nitrogens with one attached hydrogen (secondary N) is 1. The maximum Gasteiger partial charge on any atom is 0.221 e. The molecule has 0 radical (unpaired) electrons. The summed E-state index contributed by atoms with van der Waals surface area (Å²) < 4.78 is 5.53. The lowest BCUT2D eigenvalue weighted by Gasteiger charge is -2.61. The van der Waals surface area contributed by atoms with Crippen molar-refractivity contribution in [2.45, 2.75) is 74.0 Å². The second kappa shape index (κ2) is 5.51. The Kier molecular flexibility index (Phi) is 3.40. The van der Waals surface area contributed by atoms with Crippen molar-refractivity contribution in [2.75, 3.05) is 20.2 Å². The summed E-state index contributed by atoms with van der Waals surface area (Å²) in [7, 11) is 1.69. The minimum atomic E-state index is -0.866. The zero-order chi connectivity index (χ0) is 19.1. The van der Waals surface area contributed by atoms with Gasteiger partial charge in [-0.3, -0.25) is 9.69 Å². The molecule has 6 rings (SSSR count). The Balaban J connectivity index is 1.53. The minimum absolute atomic E-state index is 0.105. The van der Waals surface area contributed by atoms with Gasteiger partial charge in [-0.2, -0.15) is 0 Å². The Labute approximate surface area is 166 Å². The van der Waals surface area contributed by atoms with Crippen LogP contribution in [0.4, 0.5) is 0 Å². The van der Waals surface area contributed by atoms with Gasteiger partial charge in [0, 0.05) is 36.4 Å². The number of amides is 1. The molecule has 0 unspecified atom stereocenters. The normalized spacial score (nSPS) is 38.2. The number of carbonyl (C=O) groups is 1. The van der Waals surface area contributed by atoms with Crippen LogP contribution in [0.15, 0.2) is 18.2 Å². The van der Waals surface area contributed by atoms with Crippen molar-refractivity contribution in [3.63, 3.8) is 0 Å². The Bertz CT molecular complexity index is 846. The van der Waals surface area contributed by atoms with Crippen molar-refractivity contribution < 1.29 is 14.6 Å². The maximum absolute atomic E-state index is 13.0. The third kappa shape index (κ3) is 2.29. The van der Waals surface area contributed by atoms with Crippen molar-refractivity contribution in [3.05, 3.63) is 29.3 Å². The number of carbonyl (C=O) groups excluding carboxylic acids is 1. The first kappa shape index (κ1) is 17.3. The monoisotopic (exact) mass is 382 g/mol. The van der Waals surface area contributed by atoms with Crippen LogP contribution in [-0.2, 0) is 16.6 Å². The molecule has 1 aromatic carbocycles. The molecule has 2 saturated carbocycles. The van der Waals surface area contributed by atoms with Crippen LogP contribution < -0.4 is 10.1 Å². The number of aliphatic hydroxyl groups is 1. The molecule has 28 heavy (non-hydrogen) atoms. The second-order valence-corrected chi connectivity index (χ2v) is 10.1. The molecule has 2 saturated heterocycles. The summed E-state index contributed by atoms with van der Waals surface area (Å²) in [6.45, 7) is 2.07. The molecular formula is C23H30N2O3. The highest BCUT2D eigenvalue weighted by Gasteiger charge is 2.68. The van der Waals surface area contributed by atoms with Crippen LogP contribution in [0.1, 0.15) is 56.1 Å². The van der Waals surface area contributed by atoms with Gasteiger partial charge in [0.25, 0.3) is 0 Å². The highest BCUT2D eigenvalue weighted by atomic mass is 16.5. The van der Waals surface area contributed by atoms with E-state index in [1.54, 1.807) is 7.11 Å². The quantitative estimate of drug-likeness (QED) is 0.841. The van der Waals surface area contributed by atoms with Crippen molar-refractivity contribution in [1.82, 2.24) is 10.2 Å². The van der Waals surface area contributed by atoms with Crippen molar-refractivity contribution in [3.8, 4) is 5.75 Å². The summed E-state index contributed by atoms with van der Waals surface area (Å²) in [5.41, 5.74) is 0.899. The highest BCUT2D eigenvalue weighted by Crippen LogP contribution is 2.60. The standard InChI is InChI=1S/C23H30N2O3/c1-28-17-5-4-16-10-19-23(27)14-21(6-7-21)24-20(26)12-22(23,18(16)11-17)8-9-25(19)13-15-2-3-15/h4-5,11,15,19,27H,2-3,6-10,12-14H2,1H3,(H,24,26)/t19-,22-,23-/m1/s1. The molecule has 2 N–H and O–H groups in total. The number of nitrogens with zero attached hydrogens (tertiary/aromatic N) is 1. The molecule has 2 heterocycles. The molecule has 3 atom stereocenters. The van der Waals surface area contributed by atoms with Crippen molar-refractivity contribution in [1.29, 1.82) is 0 Å². The maximum atomic E-state index is 13.0. The van der Waals surface area contributed by atoms with E-state index in [0.29, 0.717) is 12.8 Å². The van der Waals surface area contributed by atoms with E-state index in [-0.39, 0.29) is 17.5 Å². The lowest BCUT2D eigenvalue weighted by atomic mass is 9.52. The summed E-state index contributed by atoms with van der Waals surface area (Å²) >= 11 is 0. The molecule has 1 amide bonds. The zero-order valence-electron chi connectivity index (χ0n) is 16.7. The predicted molar refractivity (Wildman–Crippen MR) is 105 cm³/mol. The third-order valence-corrected chi connectivity index (χ3v) is 8.41. The van der Waals surface area contributed by atoms with Crippen molar-refractivity contribution in [2.24, 2.45) is 5.92 Å². The van der Waals surface area contributed by atoms with Gasteiger partial charge in [0.1, 0.15) is 5.75 Å². The lowest BCUT2D eigenvalue weighted by Crippen LogP contribution is -2.72. The first-order chi connectivity index (χ1) is 13.5. The van der Waals surface area contributed by atoms with E-state index in [0.717, 1.165) is 56.0 Å². The van der Waals surface area contributed by atoms with Crippen LogP contribution in [-0.4, -0.2) is 53.3 Å². The zero-order valence-corrected chi connectivity index (χ0v) is 16.7. The molecule has 5 aliphatic rings. The smallest absolute Gasteiger partial charge is 0.221 e. The Morgan fingerprint density at radius 2 is 2.11 bits per heavy atom. The van der Waals surface area contributed by atoms with Gasteiger partial charge in [0.15, 0.2) is 0 Å². The number of hydrogen-bond donors (Lipinski definition) is 2. The van der Waals surface area contributed by atoms with E-state index in [2.05, 4.69) is 22.3 Å². The van der Waals surface area contributed by atoms with Gasteiger partial charge in [-0.1, -0.05) is 6.07 Å². The molecule has 1 spiro atoms. The largest absolute Gasteiger partial charge is 0.497 e. The molecule has 0 aromatic heterocycles. The Morgan fingerprint density at radius 1 is 1.29 bits per heavy atom. The SMILES string of the molecule is COc1ccc2c(c1)[C@]13CCN(CC4CC4)[C@H](C2)[C@]1(O)CC1(CC1)NC(=O)C3. The summed E-state index contributed by atoms with van der Waals surface area (Å²) in [5.74, 6) is 1.73. The summed E-state index contributed by atoms with van der Waals surface area (Å²) in [6, 6.07) is 6.40. The molecule has 5 nitrogen and oxygen atoms in total. The van der Waals surface area contributed by atoms with E-state index in [9.17, 15) is 9.90 Å². The first-order valence-electron chi connectivity index (χ1n) is 10.9. The molecule has 1 aromatic rings. The predicted octanol–water partition coefficient (Wildman–Crippen LogP) is 2.15. The number of rotatable bonds is 3. The van der Waals surface area contributed by atoms with E-state index in [1.165, 1.54) is 18.4 Å². The number of ether oxygens (including phenoxy) is 1. The van der Waals surface area contributed by atoms with Gasteiger partial charge in [0.2, 0.25) is 5.91 Å². The molecule has 4 fully saturated rings. The first-order valence-corrected chi connectivity index (χ1v) is 10.9. The van der Waals surface area contributed by atoms with Gasteiger partial charge in [-0.25, -0.2) is 0 Å². The van der Waals surface area contributed by atoms with Crippen LogP contribution in [0.25, 0.3) is 0 Å². The second-order valence-electron chi connectivity index (χ2n) is 10.1. The topological polar surface area (TPSA) is 61.8 Å². The summed E-state index contributed by atoms with van der Waals surface area (Å²) in [6.07, 6.45) is 7.43. The molecule has 5 heteroatoms. The molecule has 3 aliphatic carbocycles. The summed E-state index contributed by atoms with van der Waals surface area (Å²) in [4.78, 5) is 15.6. The number of benzene rings is 1. The highest BCUT2D eigenvalue weighted by molar-refractivity contribution is 5.80. The Hall–Kier alpha value is -1.59. The lowest BCUT2D eigenvalue weighted by molar-refractivity contribution is -0.156. The van der Waals surface area contributed by atoms with E-state index in [1.807, 2.05) is 6.07 Å². The molecule has 150 valence electrons. The number of likely N-dealkylation sites (tertiary alicyclic amines) is 1. The summed E-state index contributed by atoms with van der Waals surface area (Å²) in [5, 5.41) is 15.8. The van der Waals surface area contributed by atoms with E-state index in [4.69, 9.17) is 4.74 Å². The van der Waals surface area contributed by atoms with Crippen LogP contribution in [0.5, 0.6) is 5.75 Å². The van der Waals surface area contributed by atoms with Gasteiger partial charge in [-0.05, 0) is 74.2 Å². The number of fused-ring (bicyclic) bond motifs is 1. The molecule has 2 aliphatic heterocycles. The van der Waals surface area contributed by atoms with Gasteiger partial charge in [-0.15, -0.1) is 0 Å². The van der Waals surface area contributed by atoms with Crippen LogP contribution >= 0.6 is 0 Å². The van der Waals surface area contributed by atoms with Crippen LogP contribution in [0, 0.1) is 5.92 Å². The van der Waals surface area contributed by atoms with Gasteiger partial charge in [0.05, 0.1) is 12.7 Å².